The fraction of sp³-hybridized carbons (Fsp3) is 0.235. The first kappa shape index (κ1) is 14.0. The van der Waals surface area contributed by atoms with Crippen molar-refractivity contribution in [2.75, 3.05) is 19.0 Å². The smallest absolute Gasteiger partial charge is 0.141 e. The van der Waals surface area contributed by atoms with E-state index in [-0.39, 0.29) is 5.92 Å². The van der Waals surface area contributed by atoms with E-state index in [0.29, 0.717) is 6.54 Å². The molecule has 2 aromatic rings. The molecule has 1 unspecified atom stereocenters. The number of methoxy groups -OCH3 is 1. The number of hydrogen-bond acceptors (Lipinski definition) is 3. The van der Waals surface area contributed by atoms with Gasteiger partial charge in [-0.3, -0.25) is 0 Å². The molecule has 1 atom stereocenters. The second-order valence-corrected chi connectivity index (χ2v) is 4.68. The zero-order valence-electron chi connectivity index (χ0n) is 11.8. The summed E-state index contributed by atoms with van der Waals surface area (Å²) in [6, 6.07) is 18.1. The van der Waals surface area contributed by atoms with Gasteiger partial charge in [-0.15, -0.1) is 0 Å². The van der Waals surface area contributed by atoms with Crippen LogP contribution < -0.4 is 10.1 Å². The second kappa shape index (κ2) is 6.63. The summed E-state index contributed by atoms with van der Waals surface area (Å²) in [5.41, 5.74) is 3.10. The molecular weight excluding hydrogens is 248 g/mol. The number of rotatable bonds is 5. The number of nitrogens with zero attached hydrogens (tertiary/aromatic N) is 1. The third-order valence-corrected chi connectivity index (χ3v) is 3.21. The monoisotopic (exact) mass is 266 g/mol. The van der Waals surface area contributed by atoms with Gasteiger partial charge in [0.2, 0.25) is 0 Å². The van der Waals surface area contributed by atoms with E-state index >= 15 is 0 Å². The summed E-state index contributed by atoms with van der Waals surface area (Å²) in [7, 11) is 1.65. The topological polar surface area (TPSA) is 45.0 Å². The van der Waals surface area contributed by atoms with Gasteiger partial charge in [-0.25, -0.2) is 0 Å². The van der Waals surface area contributed by atoms with Gasteiger partial charge in [0.15, 0.2) is 0 Å². The average Bonchev–Trinajstić information content (AvgIpc) is 2.49. The molecule has 0 radical (unpaired) electrons. The van der Waals surface area contributed by atoms with Gasteiger partial charge in [-0.05, 0) is 30.2 Å². The van der Waals surface area contributed by atoms with E-state index in [1.165, 1.54) is 0 Å². The maximum Gasteiger partial charge on any atom is 0.141 e. The van der Waals surface area contributed by atoms with Crippen molar-refractivity contribution in [2.24, 2.45) is 0 Å². The molecule has 0 aliphatic heterocycles. The fourth-order valence-electron chi connectivity index (χ4n) is 2.10. The van der Waals surface area contributed by atoms with Crippen molar-refractivity contribution in [2.45, 2.75) is 12.8 Å². The number of anilines is 1. The van der Waals surface area contributed by atoms with Crippen LogP contribution in [0.2, 0.25) is 0 Å². The molecular formula is C17H18N2O. The molecule has 0 spiro atoms. The van der Waals surface area contributed by atoms with Gasteiger partial charge in [0.05, 0.1) is 24.8 Å². The van der Waals surface area contributed by atoms with E-state index in [0.717, 1.165) is 22.6 Å². The first-order valence-corrected chi connectivity index (χ1v) is 6.57. The Balaban J connectivity index is 2.12. The Hall–Kier alpha value is -2.47. The Kier molecular flexibility index (Phi) is 4.62. The largest absolute Gasteiger partial charge is 0.495 e. The van der Waals surface area contributed by atoms with Crippen LogP contribution in [0.4, 0.5) is 5.69 Å². The van der Waals surface area contributed by atoms with Gasteiger partial charge < -0.3 is 10.1 Å². The first-order valence-electron chi connectivity index (χ1n) is 6.57. The van der Waals surface area contributed by atoms with Crippen LogP contribution in [-0.2, 0) is 0 Å². The summed E-state index contributed by atoms with van der Waals surface area (Å²) in [5.74, 6) is 0.613. The molecule has 102 valence electrons. The van der Waals surface area contributed by atoms with Crippen molar-refractivity contribution in [3.05, 3.63) is 59.7 Å². The zero-order chi connectivity index (χ0) is 14.4. The first-order chi connectivity index (χ1) is 9.74. The highest BCUT2D eigenvalue weighted by Gasteiger charge is 2.11. The van der Waals surface area contributed by atoms with Crippen LogP contribution in [0, 0.1) is 18.3 Å². The van der Waals surface area contributed by atoms with E-state index in [9.17, 15) is 5.26 Å². The predicted molar refractivity (Wildman–Crippen MR) is 81.0 cm³/mol. The van der Waals surface area contributed by atoms with Crippen LogP contribution in [0.25, 0.3) is 0 Å². The maximum absolute atomic E-state index is 9.32. The Morgan fingerprint density at radius 2 is 1.95 bits per heavy atom. The summed E-state index contributed by atoms with van der Waals surface area (Å²) in [6.45, 7) is 2.59. The standard InChI is InChI=1S/C17H18N2O/c1-13-8-9-17(20-2)16(10-13)19-12-15(11-18)14-6-4-3-5-7-14/h3-10,15,19H,12H2,1-2H3. The lowest BCUT2D eigenvalue weighted by Crippen LogP contribution is -2.11. The van der Waals surface area contributed by atoms with Crippen molar-refractivity contribution in [1.29, 1.82) is 5.26 Å². The SMILES string of the molecule is COc1ccc(C)cc1NCC(C#N)c1ccccc1. The number of nitrogens with one attached hydrogen (secondary N) is 1. The van der Waals surface area contributed by atoms with Gasteiger partial charge in [0.1, 0.15) is 5.75 Å². The number of benzene rings is 2. The third kappa shape index (κ3) is 3.30. The summed E-state index contributed by atoms with van der Waals surface area (Å²) in [5, 5.41) is 12.6. The van der Waals surface area contributed by atoms with E-state index in [4.69, 9.17) is 4.74 Å². The quantitative estimate of drug-likeness (QED) is 0.897. The van der Waals surface area contributed by atoms with Crippen LogP contribution in [0.5, 0.6) is 5.75 Å². The minimum absolute atomic E-state index is 0.179. The van der Waals surface area contributed by atoms with Crippen LogP contribution in [0.1, 0.15) is 17.0 Å². The van der Waals surface area contributed by atoms with Gasteiger partial charge in [-0.1, -0.05) is 36.4 Å². The number of hydrogen-bond donors (Lipinski definition) is 1. The molecule has 2 aromatic carbocycles. The molecule has 3 nitrogen and oxygen atoms in total. The highest BCUT2D eigenvalue weighted by Crippen LogP contribution is 2.26. The zero-order valence-corrected chi connectivity index (χ0v) is 11.8. The average molecular weight is 266 g/mol. The molecule has 3 heteroatoms. The molecule has 2 rings (SSSR count). The highest BCUT2D eigenvalue weighted by atomic mass is 16.5. The lowest BCUT2D eigenvalue weighted by molar-refractivity contribution is 0.416. The fourth-order valence-corrected chi connectivity index (χ4v) is 2.10. The Labute approximate surface area is 119 Å². The molecule has 0 aliphatic rings. The Morgan fingerprint density at radius 3 is 2.60 bits per heavy atom. The lowest BCUT2D eigenvalue weighted by Gasteiger charge is -2.15. The van der Waals surface area contributed by atoms with Crippen LogP contribution in [-0.4, -0.2) is 13.7 Å². The van der Waals surface area contributed by atoms with Crippen molar-refractivity contribution < 1.29 is 4.74 Å². The van der Waals surface area contributed by atoms with Crippen molar-refractivity contribution >= 4 is 5.69 Å². The van der Waals surface area contributed by atoms with Gasteiger partial charge >= 0.3 is 0 Å². The summed E-state index contributed by atoms with van der Waals surface area (Å²) < 4.78 is 5.33. The molecule has 0 saturated carbocycles. The summed E-state index contributed by atoms with van der Waals surface area (Å²) in [4.78, 5) is 0. The highest BCUT2D eigenvalue weighted by molar-refractivity contribution is 5.58. The molecule has 1 N–H and O–H groups in total. The van der Waals surface area contributed by atoms with Crippen LogP contribution >= 0.6 is 0 Å². The third-order valence-electron chi connectivity index (χ3n) is 3.21. The maximum atomic E-state index is 9.32. The molecule has 0 amide bonds. The summed E-state index contributed by atoms with van der Waals surface area (Å²) in [6.07, 6.45) is 0. The number of aryl methyl sites for hydroxylation is 1. The second-order valence-electron chi connectivity index (χ2n) is 4.68. The van der Waals surface area contributed by atoms with E-state index < -0.39 is 0 Å². The molecule has 0 aliphatic carbocycles. The molecule has 0 heterocycles. The van der Waals surface area contributed by atoms with E-state index in [1.807, 2.05) is 55.5 Å². The van der Waals surface area contributed by atoms with Crippen LogP contribution in [0.15, 0.2) is 48.5 Å². The number of nitriles is 1. The van der Waals surface area contributed by atoms with Crippen molar-refractivity contribution in [3.63, 3.8) is 0 Å². The van der Waals surface area contributed by atoms with Gasteiger partial charge in [0.25, 0.3) is 0 Å². The van der Waals surface area contributed by atoms with Crippen molar-refractivity contribution in [3.8, 4) is 11.8 Å². The molecule has 0 bridgehead atoms. The molecule has 20 heavy (non-hydrogen) atoms. The summed E-state index contributed by atoms with van der Waals surface area (Å²) >= 11 is 0. The number of ether oxygens (including phenoxy) is 1. The van der Waals surface area contributed by atoms with Crippen LogP contribution in [0.3, 0.4) is 0 Å². The van der Waals surface area contributed by atoms with E-state index in [1.54, 1.807) is 7.11 Å². The minimum atomic E-state index is -0.179. The lowest BCUT2D eigenvalue weighted by atomic mass is 10.0. The Bertz CT molecular complexity index is 602. The molecule has 0 fully saturated rings. The van der Waals surface area contributed by atoms with Gasteiger partial charge in [-0.2, -0.15) is 5.26 Å². The normalized spacial score (nSPS) is 11.4. The molecule has 0 saturated heterocycles. The van der Waals surface area contributed by atoms with Gasteiger partial charge in [0, 0.05) is 6.54 Å². The minimum Gasteiger partial charge on any atom is -0.495 e. The predicted octanol–water partition coefficient (Wildman–Crippen LogP) is 3.72. The molecule has 0 aromatic heterocycles. The van der Waals surface area contributed by atoms with Crippen molar-refractivity contribution in [1.82, 2.24) is 0 Å². The van der Waals surface area contributed by atoms with E-state index in [2.05, 4.69) is 11.4 Å². The Morgan fingerprint density at radius 1 is 1.20 bits per heavy atom.